The minimum Gasteiger partial charge on any atom is -0.361 e. The Morgan fingerprint density at radius 2 is 2.00 bits per heavy atom. The van der Waals surface area contributed by atoms with Crippen LogP contribution in [0, 0.1) is 6.92 Å². The van der Waals surface area contributed by atoms with E-state index >= 15 is 0 Å². The number of carbonyl (C=O) groups is 1. The van der Waals surface area contributed by atoms with Crippen LogP contribution in [0.1, 0.15) is 11.5 Å². The van der Waals surface area contributed by atoms with Gasteiger partial charge in [-0.05, 0) is 19.1 Å². The summed E-state index contributed by atoms with van der Waals surface area (Å²) in [6.07, 6.45) is 0. The van der Waals surface area contributed by atoms with E-state index in [9.17, 15) is 4.79 Å². The highest BCUT2D eigenvalue weighted by Crippen LogP contribution is 2.25. The van der Waals surface area contributed by atoms with E-state index in [4.69, 9.17) is 4.52 Å². The lowest BCUT2D eigenvalue weighted by molar-refractivity contribution is -0.117. The monoisotopic (exact) mass is 371 g/mol. The zero-order valence-electron chi connectivity index (χ0n) is 14.6. The van der Waals surface area contributed by atoms with Crippen molar-refractivity contribution in [2.75, 3.05) is 38.0 Å². The summed E-state index contributed by atoms with van der Waals surface area (Å²) in [6, 6.07) is 9.87. The summed E-state index contributed by atoms with van der Waals surface area (Å²) in [6.45, 7) is 6.66. The van der Waals surface area contributed by atoms with Crippen molar-refractivity contribution in [3.05, 3.63) is 41.8 Å². The van der Waals surface area contributed by atoms with Gasteiger partial charge in [0.1, 0.15) is 5.76 Å². The molecule has 1 fully saturated rings. The molecule has 3 aromatic rings. The highest BCUT2D eigenvalue weighted by Gasteiger charge is 2.20. The zero-order valence-corrected chi connectivity index (χ0v) is 15.5. The molecule has 1 aliphatic rings. The number of amides is 1. The Morgan fingerprint density at radius 1 is 1.23 bits per heavy atom. The molecule has 136 valence electrons. The van der Waals surface area contributed by atoms with Crippen LogP contribution in [-0.4, -0.2) is 58.6 Å². The molecule has 1 aromatic carbocycles. The first-order valence-electron chi connectivity index (χ1n) is 8.68. The van der Waals surface area contributed by atoms with Crippen molar-refractivity contribution in [2.24, 2.45) is 0 Å². The van der Waals surface area contributed by atoms with Crippen molar-refractivity contribution in [3.8, 4) is 0 Å². The number of para-hydroxylation sites is 1. The molecule has 1 aliphatic heterocycles. The number of hydrogen-bond acceptors (Lipinski definition) is 7. The van der Waals surface area contributed by atoms with Crippen LogP contribution in [0.25, 0.3) is 10.2 Å². The number of aryl methyl sites for hydroxylation is 1. The molecule has 7 nitrogen and oxygen atoms in total. The van der Waals surface area contributed by atoms with Gasteiger partial charge in [-0.25, -0.2) is 4.98 Å². The van der Waals surface area contributed by atoms with E-state index in [1.807, 2.05) is 37.3 Å². The Balaban J connectivity index is 1.25. The predicted molar refractivity (Wildman–Crippen MR) is 101 cm³/mol. The quantitative estimate of drug-likeness (QED) is 0.742. The summed E-state index contributed by atoms with van der Waals surface area (Å²) in [5.41, 5.74) is 1.88. The smallest absolute Gasteiger partial charge is 0.240 e. The van der Waals surface area contributed by atoms with Gasteiger partial charge in [0.15, 0.2) is 5.13 Å². The lowest BCUT2D eigenvalue weighted by Crippen LogP contribution is -2.48. The summed E-state index contributed by atoms with van der Waals surface area (Å²) in [5.74, 6) is 0.829. The molecular weight excluding hydrogens is 350 g/mol. The lowest BCUT2D eigenvalue weighted by atomic mass is 10.2. The number of piperazine rings is 1. The number of carbonyl (C=O) groups excluding carboxylic acids is 1. The highest BCUT2D eigenvalue weighted by molar-refractivity contribution is 7.22. The molecule has 0 atom stereocenters. The third kappa shape index (κ3) is 4.09. The topological polar surface area (TPSA) is 74.5 Å². The van der Waals surface area contributed by atoms with Gasteiger partial charge in [0.05, 0.1) is 22.5 Å². The fourth-order valence-electron chi connectivity index (χ4n) is 3.11. The van der Waals surface area contributed by atoms with Crippen molar-refractivity contribution in [3.63, 3.8) is 0 Å². The molecule has 2 aromatic heterocycles. The van der Waals surface area contributed by atoms with Crippen molar-refractivity contribution >= 4 is 32.6 Å². The van der Waals surface area contributed by atoms with Crippen LogP contribution in [0.15, 0.2) is 34.9 Å². The van der Waals surface area contributed by atoms with Crippen LogP contribution in [0.2, 0.25) is 0 Å². The van der Waals surface area contributed by atoms with Crippen molar-refractivity contribution in [1.29, 1.82) is 0 Å². The molecule has 0 saturated carbocycles. The van der Waals surface area contributed by atoms with Crippen LogP contribution in [0.4, 0.5) is 5.13 Å². The van der Waals surface area contributed by atoms with Gasteiger partial charge >= 0.3 is 0 Å². The molecule has 1 saturated heterocycles. The molecule has 0 bridgehead atoms. The Bertz CT molecular complexity index is 865. The molecule has 3 heterocycles. The standard InChI is InChI=1S/C18H21N5O2S/c1-13-10-14(21-25-13)11-22-6-8-23(9-7-22)12-17(24)20-18-19-15-4-2-3-5-16(15)26-18/h2-5,10H,6-9,11-12H2,1H3,(H,19,20,24). The van der Waals surface area contributed by atoms with Gasteiger partial charge in [0.25, 0.3) is 0 Å². The Labute approximate surface area is 155 Å². The second-order valence-corrected chi connectivity index (χ2v) is 7.55. The molecule has 0 radical (unpaired) electrons. The molecule has 0 aliphatic carbocycles. The minimum atomic E-state index is -0.00960. The molecule has 0 spiro atoms. The van der Waals surface area contributed by atoms with E-state index in [1.165, 1.54) is 11.3 Å². The van der Waals surface area contributed by atoms with Gasteiger partial charge in [-0.1, -0.05) is 28.6 Å². The number of rotatable bonds is 5. The number of hydrogen-bond donors (Lipinski definition) is 1. The summed E-state index contributed by atoms with van der Waals surface area (Å²) >= 11 is 1.51. The molecular formula is C18H21N5O2S. The first-order valence-corrected chi connectivity index (χ1v) is 9.50. The minimum absolute atomic E-state index is 0.00960. The van der Waals surface area contributed by atoms with E-state index < -0.39 is 0 Å². The molecule has 1 amide bonds. The third-order valence-electron chi connectivity index (χ3n) is 4.43. The lowest BCUT2D eigenvalue weighted by Gasteiger charge is -2.33. The molecule has 26 heavy (non-hydrogen) atoms. The summed E-state index contributed by atoms with van der Waals surface area (Å²) in [7, 11) is 0. The van der Waals surface area contributed by atoms with E-state index in [-0.39, 0.29) is 5.91 Å². The van der Waals surface area contributed by atoms with Gasteiger partial charge in [-0.3, -0.25) is 14.6 Å². The largest absolute Gasteiger partial charge is 0.361 e. The fourth-order valence-corrected chi connectivity index (χ4v) is 4.00. The van der Waals surface area contributed by atoms with Crippen LogP contribution < -0.4 is 5.32 Å². The number of nitrogens with one attached hydrogen (secondary N) is 1. The second kappa shape index (κ2) is 7.53. The highest BCUT2D eigenvalue weighted by atomic mass is 32.1. The normalized spacial score (nSPS) is 16.2. The zero-order chi connectivity index (χ0) is 17.9. The number of fused-ring (bicyclic) bond motifs is 1. The van der Waals surface area contributed by atoms with E-state index in [0.717, 1.165) is 54.4 Å². The van der Waals surface area contributed by atoms with Gasteiger partial charge < -0.3 is 9.84 Å². The number of anilines is 1. The van der Waals surface area contributed by atoms with Gasteiger partial charge in [-0.2, -0.15) is 0 Å². The summed E-state index contributed by atoms with van der Waals surface area (Å²) in [5, 5.41) is 7.63. The van der Waals surface area contributed by atoms with Crippen LogP contribution in [0.5, 0.6) is 0 Å². The fraction of sp³-hybridized carbons (Fsp3) is 0.389. The van der Waals surface area contributed by atoms with Crippen molar-refractivity contribution in [2.45, 2.75) is 13.5 Å². The maximum Gasteiger partial charge on any atom is 0.240 e. The maximum atomic E-state index is 12.3. The molecule has 8 heteroatoms. The number of nitrogens with zero attached hydrogens (tertiary/aromatic N) is 4. The van der Waals surface area contributed by atoms with Crippen LogP contribution in [0.3, 0.4) is 0 Å². The third-order valence-corrected chi connectivity index (χ3v) is 5.39. The Kier molecular flexibility index (Phi) is 4.96. The predicted octanol–water partition coefficient (Wildman–Crippen LogP) is 2.35. The Morgan fingerprint density at radius 3 is 2.73 bits per heavy atom. The number of aromatic nitrogens is 2. The molecule has 0 unspecified atom stereocenters. The van der Waals surface area contributed by atoms with Gasteiger partial charge in [-0.15, -0.1) is 0 Å². The number of thiazole rings is 1. The first kappa shape index (κ1) is 17.1. The second-order valence-electron chi connectivity index (χ2n) is 6.52. The Hall–Kier alpha value is -2.29. The van der Waals surface area contributed by atoms with Crippen LogP contribution >= 0.6 is 11.3 Å². The van der Waals surface area contributed by atoms with E-state index in [0.29, 0.717) is 11.7 Å². The van der Waals surface area contributed by atoms with E-state index in [1.54, 1.807) is 0 Å². The average Bonchev–Trinajstić information content (AvgIpc) is 3.21. The number of benzene rings is 1. The maximum absolute atomic E-state index is 12.3. The molecule has 1 N–H and O–H groups in total. The van der Waals surface area contributed by atoms with Gasteiger partial charge in [0.2, 0.25) is 5.91 Å². The molecule has 4 rings (SSSR count). The van der Waals surface area contributed by atoms with E-state index in [2.05, 4.69) is 25.3 Å². The van der Waals surface area contributed by atoms with Crippen molar-refractivity contribution in [1.82, 2.24) is 19.9 Å². The average molecular weight is 371 g/mol. The summed E-state index contributed by atoms with van der Waals surface area (Å²) in [4.78, 5) is 21.3. The van der Waals surface area contributed by atoms with Crippen molar-refractivity contribution < 1.29 is 9.32 Å². The van der Waals surface area contributed by atoms with Crippen LogP contribution in [-0.2, 0) is 11.3 Å². The SMILES string of the molecule is Cc1cc(CN2CCN(CC(=O)Nc3nc4ccccc4s3)CC2)no1. The van der Waals surface area contributed by atoms with Gasteiger partial charge in [0, 0.05) is 38.8 Å². The first-order chi connectivity index (χ1) is 12.7. The summed E-state index contributed by atoms with van der Waals surface area (Å²) < 4.78 is 6.20.